The number of hydrogen-bond acceptors (Lipinski definition) is 3. The molecule has 2 N–H and O–H groups in total. The summed E-state index contributed by atoms with van der Waals surface area (Å²) in [5.41, 5.74) is 0. The Morgan fingerprint density at radius 1 is 1.00 bits per heavy atom. The maximum Gasteiger partial charge on any atom is 0.109 e. The lowest BCUT2D eigenvalue weighted by molar-refractivity contribution is -0.0269. The molecule has 2 heterocycles. The van der Waals surface area contributed by atoms with Crippen molar-refractivity contribution in [3.8, 4) is 0 Å². The zero-order valence-corrected chi connectivity index (χ0v) is 5.73. The van der Waals surface area contributed by atoms with Crippen molar-refractivity contribution in [1.29, 1.82) is 0 Å². The first-order valence-electron chi connectivity index (χ1n) is 3.80. The van der Waals surface area contributed by atoms with Crippen molar-refractivity contribution in [3.63, 3.8) is 0 Å². The Bertz CT molecular complexity index is 119. The van der Waals surface area contributed by atoms with Gasteiger partial charge in [-0.05, 0) is 19.3 Å². The fourth-order valence-corrected chi connectivity index (χ4v) is 1.82. The van der Waals surface area contributed by atoms with Gasteiger partial charge in [-0.2, -0.15) is 0 Å². The summed E-state index contributed by atoms with van der Waals surface area (Å²) in [4.78, 5) is 0. The molecular formula is C7H12O3. The first-order chi connectivity index (χ1) is 4.79. The van der Waals surface area contributed by atoms with Crippen molar-refractivity contribution >= 4 is 0 Å². The second-order valence-corrected chi connectivity index (χ2v) is 3.13. The molecule has 2 aliphatic heterocycles. The third-order valence-corrected chi connectivity index (χ3v) is 2.44. The number of aliphatic hydroxyl groups is 2. The first kappa shape index (κ1) is 6.58. The Morgan fingerprint density at radius 3 is 1.90 bits per heavy atom. The molecule has 0 radical (unpaired) electrons. The maximum atomic E-state index is 9.29. The van der Waals surface area contributed by atoms with E-state index in [1.54, 1.807) is 0 Å². The maximum absolute atomic E-state index is 9.29. The van der Waals surface area contributed by atoms with Crippen LogP contribution in [0.5, 0.6) is 0 Å². The van der Waals surface area contributed by atoms with Crippen molar-refractivity contribution in [1.82, 2.24) is 0 Å². The highest BCUT2D eigenvalue weighted by atomic mass is 16.5. The van der Waals surface area contributed by atoms with Gasteiger partial charge in [0.1, 0.15) is 12.2 Å². The van der Waals surface area contributed by atoms with E-state index in [-0.39, 0.29) is 12.2 Å². The molecule has 10 heavy (non-hydrogen) atoms. The van der Waals surface area contributed by atoms with Crippen LogP contribution in [-0.2, 0) is 4.74 Å². The Labute approximate surface area is 59.6 Å². The average Bonchev–Trinajstić information content (AvgIpc) is 2.17. The van der Waals surface area contributed by atoms with Gasteiger partial charge >= 0.3 is 0 Å². The highest BCUT2D eigenvalue weighted by Gasteiger charge is 2.44. The van der Waals surface area contributed by atoms with E-state index in [1.807, 2.05) is 0 Å². The van der Waals surface area contributed by atoms with E-state index in [9.17, 15) is 10.2 Å². The van der Waals surface area contributed by atoms with Gasteiger partial charge in [-0.25, -0.2) is 0 Å². The van der Waals surface area contributed by atoms with Gasteiger partial charge < -0.3 is 14.9 Å². The van der Waals surface area contributed by atoms with Crippen molar-refractivity contribution < 1.29 is 14.9 Å². The normalized spacial score (nSPS) is 53.4. The molecule has 2 fully saturated rings. The summed E-state index contributed by atoms with van der Waals surface area (Å²) in [7, 11) is 0. The van der Waals surface area contributed by atoms with E-state index in [0.29, 0.717) is 0 Å². The molecule has 2 aliphatic rings. The molecule has 0 unspecified atom stereocenters. The second-order valence-electron chi connectivity index (χ2n) is 3.13. The van der Waals surface area contributed by atoms with Crippen LogP contribution in [0.1, 0.15) is 19.3 Å². The number of aliphatic hydroxyl groups excluding tert-OH is 2. The number of ether oxygens (including phenoxy) is 1. The van der Waals surface area contributed by atoms with Gasteiger partial charge in [0.15, 0.2) is 0 Å². The fourth-order valence-electron chi connectivity index (χ4n) is 1.82. The molecule has 0 aliphatic carbocycles. The van der Waals surface area contributed by atoms with E-state index < -0.39 is 12.2 Å². The van der Waals surface area contributed by atoms with Crippen LogP contribution in [0.4, 0.5) is 0 Å². The lowest BCUT2D eigenvalue weighted by Crippen LogP contribution is -2.30. The molecule has 2 rings (SSSR count). The van der Waals surface area contributed by atoms with E-state index >= 15 is 0 Å². The van der Waals surface area contributed by atoms with Crippen molar-refractivity contribution in [2.24, 2.45) is 0 Å². The zero-order chi connectivity index (χ0) is 7.14. The summed E-state index contributed by atoms with van der Waals surface area (Å²) >= 11 is 0. The third kappa shape index (κ3) is 0.779. The second kappa shape index (κ2) is 2.19. The monoisotopic (exact) mass is 144 g/mol. The van der Waals surface area contributed by atoms with Crippen molar-refractivity contribution in [3.05, 3.63) is 0 Å². The van der Waals surface area contributed by atoms with Crippen LogP contribution in [-0.4, -0.2) is 34.6 Å². The molecule has 2 saturated heterocycles. The number of rotatable bonds is 0. The van der Waals surface area contributed by atoms with Gasteiger partial charge in [0.2, 0.25) is 0 Å². The smallest absolute Gasteiger partial charge is 0.109 e. The largest absolute Gasteiger partial charge is 0.388 e. The van der Waals surface area contributed by atoms with Crippen LogP contribution in [0.15, 0.2) is 0 Å². The lowest BCUT2D eigenvalue weighted by Gasteiger charge is -2.19. The fraction of sp³-hybridized carbons (Fsp3) is 1.00. The summed E-state index contributed by atoms with van der Waals surface area (Å²) in [6.07, 6.45) is 1.43. The molecule has 58 valence electrons. The van der Waals surface area contributed by atoms with Crippen LogP contribution in [0, 0.1) is 0 Å². The molecule has 0 aromatic rings. The van der Waals surface area contributed by atoms with E-state index in [4.69, 9.17) is 4.74 Å². The summed E-state index contributed by atoms with van der Waals surface area (Å²) < 4.78 is 5.32. The first-order valence-corrected chi connectivity index (χ1v) is 3.80. The molecular weight excluding hydrogens is 132 g/mol. The highest BCUT2D eigenvalue weighted by molar-refractivity contribution is 4.93. The Kier molecular flexibility index (Phi) is 1.44. The van der Waals surface area contributed by atoms with Crippen molar-refractivity contribution in [2.75, 3.05) is 0 Å². The molecule has 0 spiro atoms. The molecule has 3 nitrogen and oxygen atoms in total. The number of fused-ring (bicyclic) bond motifs is 2. The predicted molar refractivity (Wildman–Crippen MR) is 34.5 cm³/mol. The standard InChI is InChI=1S/C7H12O3/c8-6-4-2-1-3-5(10-4)7(6)9/h4-9H,1-3H2/t4-,5+,6-,7+. The van der Waals surface area contributed by atoms with Crippen LogP contribution in [0.3, 0.4) is 0 Å². The van der Waals surface area contributed by atoms with Crippen LogP contribution < -0.4 is 0 Å². The average molecular weight is 144 g/mol. The Hall–Kier alpha value is -0.120. The van der Waals surface area contributed by atoms with Gasteiger partial charge in [0, 0.05) is 0 Å². The predicted octanol–water partition coefficient (Wildman–Crippen LogP) is -0.341. The summed E-state index contributed by atoms with van der Waals surface area (Å²) in [5, 5.41) is 18.6. The van der Waals surface area contributed by atoms with Crippen LogP contribution in [0.2, 0.25) is 0 Å². The van der Waals surface area contributed by atoms with Crippen molar-refractivity contribution in [2.45, 2.75) is 43.7 Å². The highest BCUT2D eigenvalue weighted by Crippen LogP contribution is 2.32. The summed E-state index contributed by atoms with van der Waals surface area (Å²) in [6.45, 7) is 0. The Balaban J connectivity index is 2.13. The van der Waals surface area contributed by atoms with Crippen LogP contribution in [0.25, 0.3) is 0 Å². The molecule has 0 aromatic heterocycles. The molecule has 3 heteroatoms. The quantitative estimate of drug-likeness (QED) is 0.489. The lowest BCUT2D eigenvalue weighted by atomic mass is 10.1. The van der Waals surface area contributed by atoms with Gasteiger partial charge in [0.05, 0.1) is 12.2 Å². The number of hydrogen-bond donors (Lipinski definition) is 2. The van der Waals surface area contributed by atoms with E-state index in [2.05, 4.69) is 0 Å². The molecule has 0 saturated carbocycles. The van der Waals surface area contributed by atoms with Crippen LogP contribution >= 0.6 is 0 Å². The Morgan fingerprint density at radius 2 is 1.50 bits per heavy atom. The summed E-state index contributed by atoms with van der Waals surface area (Å²) in [5.74, 6) is 0. The SMILES string of the molecule is O[C@@H]1[C@H](O)[C@H]2CCC[C@@H]1O2. The molecule has 2 bridgehead atoms. The van der Waals surface area contributed by atoms with Gasteiger partial charge in [-0.1, -0.05) is 0 Å². The topological polar surface area (TPSA) is 49.7 Å². The zero-order valence-electron chi connectivity index (χ0n) is 5.73. The van der Waals surface area contributed by atoms with Gasteiger partial charge in [-0.3, -0.25) is 0 Å². The molecule has 0 aromatic carbocycles. The molecule has 4 atom stereocenters. The van der Waals surface area contributed by atoms with E-state index in [0.717, 1.165) is 19.3 Å². The third-order valence-electron chi connectivity index (χ3n) is 2.44. The minimum absolute atomic E-state index is 0.0891. The summed E-state index contributed by atoms with van der Waals surface area (Å²) in [6, 6.07) is 0. The van der Waals surface area contributed by atoms with E-state index in [1.165, 1.54) is 0 Å². The van der Waals surface area contributed by atoms with Gasteiger partial charge in [-0.15, -0.1) is 0 Å². The van der Waals surface area contributed by atoms with Gasteiger partial charge in [0.25, 0.3) is 0 Å². The molecule has 0 amide bonds. The minimum atomic E-state index is -0.632. The minimum Gasteiger partial charge on any atom is -0.388 e.